The zero-order valence-corrected chi connectivity index (χ0v) is 11.7. The van der Waals surface area contributed by atoms with Gasteiger partial charge >= 0.3 is 0 Å². The van der Waals surface area contributed by atoms with Crippen LogP contribution in [0.5, 0.6) is 0 Å². The van der Waals surface area contributed by atoms with E-state index in [1.807, 2.05) is 6.92 Å². The van der Waals surface area contributed by atoms with Crippen LogP contribution in [0.1, 0.15) is 46.0 Å². The molecule has 0 aromatic carbocycles. The van der Waals surface area contributed by atoms with Crippen molar-refractivity contribution in [3.8, 4) is 0 Å². The second-order valence-electron chi connectivity index (χ2n) is 5.08. The Kier molecular flexibility index (Phi) is 7.28. The number of aliphatic hydroxyl groups is 1. The molecule has 0 aliphatic heterocycles. The van der Waals surface area contributed by atoms with E-state index in [0.717, 1.165) is 38.8 Å². The van der Waals surface area contributed by atoms with Gasteiger partial charge in [0.25, 0.3) is 0 Å². The largest absolute Gasteiger partial charge is 0.395 e. The zero-order chi connectivity index (χ0) is 13.4. The summed E-state index contributed by atoms with van der Waals surface area (Å²) >= 11 is 0. The SMILES string of the molecule is CCCCN(CCO)C(=O)CC1CC(OCC)C1. The van der Waals surface area contributed by atoms with E-state index >= 15 is 0 Å². The van der Waals surface area contributed by atoms with Gasteiger partial charge in [-0.1, -0.05) is 13.3 Å². The molecule has 4 heteroatoms. The van der Waals surface area contributed by atoms with Gasteiger partial charge < -0.3 is 14.7 Å². The molecular weight excluding hydrogens is 230 g/mol. The van der Waals surface area contributed by atoms with E-state index in [4.69, 9.17) is 9.84 Å². The maximum atomic E-state index is 12.1. The molecule has 0 bridgehead atoms. The van der Waals surface area contributed by atoms with Crippen molar-refractivity contribution in [1.29, 1.82) is 0 Å². The van der Waals surface area contributed by atoms with Crippen molar-refractivity contribution in [2.45, 2.75) is 52.1 Å². The van der Waals surface area contributed by atoms with Crippen LogP contribution in [-0.2, 0) is 9.53 Å². The smallest absolute Gasteiger partial charge is 0.222 e. The minimum atomic E-state index is 0.0572. The molecule has 1 aliphatic rings. The number of rotatable bonds is 9. The van der Waals surface area contributed by atoms with E-state index in [2.05, 4.69) is 6.92 Å². The van der Waals surface area contributed by atoms with Crippen molar-refractivity contribution in [3.05, 3.63) is 0 Å². The van der Waals surface area contributed by atoms with Gasteiger partial charge in [0, 0.05) is 26.1 Å². The highest BCUT2D eigenvalue weighted by Gasteiger charge is 2.32. The molecule has 0 radical (unpaired) electrons. The molecule has 0 atom stereocenters. The first-order valence-corrected chi connectivity index (χ1v) is 7.21. The number of aliphatic hydroxyl groups excluding tert-OH is 1. The molecule has 18 heavy (non-hydrogen) atoms. The molecule has 1 N–H and O–H groups in total. The highest BCUT2D eigenvalue weighted by molar-refractivity contribution is 5.76. The van der Waals surface area contributed by atoms with Gasteiger partial charge in [-0.2, -0.15) is 0 Å². The van der Waals surface area contributed by atoms with E-state index in [1.54, 1.807) is 4.90 Å². The minimum absolute atomic E-state index is 0.0572. The number of carbonyl (C=O) groups is 1. The van der Waals surface area contributed by atoms with Gasteiger partial charge in [0.15, 0.2) is 0 Å². The van der Waals surface area contributed by atoms with Crippen LogP contribution in [0.25, 0.3) is 0 Å². The second-order valence-corrected chi connectivity index (χ2v) is 5.08. The van der Waals surface area contributed by atoms with Gasteiger partial charge in [0.05, 0.1) is 12.7 Å². The molecule has 1 rings (SSSR count). The third-order valence-electron chi connectivity index (χ3n) is 3.56. The average Bonchev–Trinajstić information content (AvgIpc) is 2.31. The van der Waals surface area contributed by atoms with E-state index in [0.29, 0.717) is 25.0 Å². The summed E-state index contributed by atoms with van der Waals surface area (Å²) in [7, 11) is 0. The van der Waals surface area contributed by atoms with Crippen LogP contribution >= 0.6 is 0 Å². The Hall–Kier alpha value is -0.610. The highest BCUT2D eigenvalue weighted by Crippen LogP contribution is 2.33. The lowest BCUT2D eigenvalue weighted by Crippen LogP contribution is -2.39. The van der Waals surface area contributed by atoms with Crippen LogP contribution in [0.3, 0.4) is 0 Å². The summed E-state index contributed by atoms with van der Waals surface area (Å²) in [5, 5.41) is 8.99. The van der Waals surface area contributed by atoms with Crippen molar-refractivity contribution >= 4 is 5.91 Å². The summed E-state index contributed by atoms with van der Waals surface area (Å²) in [5.41, 5.74) is 0. The fourth-order valence-corrected chi connectivity index (χ4v) is 2.42. The number of carbonyl (C=O) groups excluding carboxylic acids is 1. The molecule has 0 heterocycles. The highest BCUT2D eigenvalue weighted by atomic mass is 16.5. The fourth-order valence-electron chi connectivity index (χ4n) is 2.42. The van der Waals surface area contributed by atoms with Gasteiger partial charge in [-0.3, -0.25) is 4.79 Å². The quantitative estimate of drug-likeness (QED) is 0.685. The lowest BCUT2D eigenvalue weighted by atomic mass is 9.79. The first-order valence-electron chi connectivity index (χ1n) is 7.21. The molecule has 0 saturated heterocycles. The lowest BCUT2D eigenvalue weighted by Gasteiger charge is -2.35. The molecular formula is C14H27NO3. The van der Waals surface area contributed by atoms with E-state index < -0.39 is 0 Å². The minimum Gasteiger partial charge on any atom is -0.395 e. The molecule has 1 fully saturated rings. The van der Waals surface area contributed by atoms with E-state index in [1.165, 1.54) is 0 Å². The van der Waals surface area contributed by atoms with Crippen LogP contribution in [0.4, 0.5) is 0 Å². The van der Waals surface area contributed by atoms with Gasteiger partial charge in [-0.25, -0.2) is 0 Å². The summed E-state index contributed by atoms with van der Waals surface area (Å²) in [6.45, 7) is 6.19. The molecule has 4 nitrogen and oxygen atoms in total. The van der Waals surface area contributed by atoms with Crippen molar-refractivity contribution < 1.29 is 14.6 Å². The number of hydrogen-bond donors (Lipinski definition) is 1. The maximum Gasteiger partial charge on any atom is 0.222 e. The maximum absolute atomic E-state index is 12.1. The molecule has 0 aromatic rings. The predicted molar refractivity (Wildman–Crippen MR) is 71.3 cm³/mol. The first-order chi connectivity index (χ1) is 8.71. The number of amides is 1. The summed E-state index contributed by atoms with van der Waals surface area (Å²) < 4.78 is 5.50. The van der Waals surface area contributed by atoms with Crippen LogP contribution in [0.2, 0.25) is 0 Å². The average molecular weight is 257 g/mol. The van der Waals surface area contributed by atoms with Crippen LogP contribution in [0.15, 0.2) is 0 Å². The first kappa shape index (κ1) is 15.4. The molecule has 0 aromatic heterocycles. The summed E-state index contributed by atoms with van der Waals surface area (Å²) in [4.78, 5) is 13.9. The Morgan fingerprint density at radius 2 is 2.06 bits per heavy atom. The molecule has 1 saturated carbocycles. The van der Waals surface area contributed by atoms with E-state index in [9.17, 15) is 4.79 Å². The van der Waals surface area contributed by atoms with Crippen molar-refractivity contribution in [1.82, 2.24) is 4.90 Å². The Bertz CT molecular complexity index is 239. The summed E-state index contributed by atoms with van der Waals surface area (Å²) in [6, 6.07) is 0. The van der Waals surface area contributed by atoms with Crippen molar-refractivity contribution in [3.63, 3.8) is 0 Å². The van der Waals surface area contributed by atoms with Crippen LogP contribution in [0, 0.1) is 5.92 Å². The molecule has 1 amide bonds. The van der Waals surface area contributed by atoms with Gasteiger partial charge in [-0.05, 0) is 32.1 Å². The third-order valence-corrected chi connectivity index (χ3v) is 3.56. The number of ether oxygens (including phenoxy) is 1. The van der Waals surface area contributed by atoms with E-state index in [-0.39, 0.29) is 12.5 Å². The second kappa shape index (κ2) is 8.48. The van der Waals surface area contributed by atoms with Gasteiger partial charge in [-0.15, -0.1) is 0 Å². The monoisotopic (exact) mass is 257 g/mol. The Balaban J connectivity index is 2.24. The number of hydrogen-bond acceptors (Lipinski definition) is 3. The molecule has 106 valence electrons. The Labute approximate surface area is 110 Å². The van der Waals surface area contributed by atoms with Crippen molar-refractivity contribution in [2.24, 2.45) is 5.92 Å². The lowest BCUT2D eigenvalue weighted by molar-refractivity contribution is -0.135. The molecule has 0 unspecified atom stereocenters. The fraction of sp³-hybridized carbons (Fsp3) is 0.929. The number of unbranched alkanes of at least 4 members (excludes halogenated alkanes) is 1. The van der Waals surface area contributed by atoms with Gasteiger partial charge in [0.1, 0.15) is 0 Å². The van der Waals surface area contributed by atoms with Crippen molar-refractivity contribution in [2.75, 3.05) is 26.3 Å². The van der Waals surface area contributed by atoms with Crippen LogP contribution < -0.4 is 0 Å². The topological polar surface area (TPSA) is 49.8 Å². The Morgan fingerprint density at radius 3 is 2.61 bits per heavy atom. The predicted octanol–water partition coefficient (Wildman–Crippen LogP) is 1.81. The summed E-state index contributed by atoms with van der Waals surface area (Å²) in [5.74, 6) is 0.675. The molecule has 0 spiro atoms. The summed E-state index contributed by atoms with van der Waals surface area (Å²) in [6.07, 6.45) is 5.10. The van der Waals surface area contributed by atoms with Crippen LogP contribution in [-0.4, -0.2) is 48.3 Å². The Morgan fingerprint density at radius 1 is 1.33 bits per heavy atom. The standard InChI is InChI=1S/C14H27NO3/c1-3-5-6-15(7-8-16)14(17)11-12-9-13(10-12)18-4-2/h12-13,16H,3-11H2,1-2H3. The zero-order valence-electron chi connectivity index (χ0n) is 11.7. The van der Waals surface area contributed by atoms with Gasteiger partial charge in [0.2, 0.25) is 5.91 Å². The normalized spacial score (nSPS) is 22.6. The number of nitrogens with zero attached hydrogens (tertiary/aromatic N) is 1. The molecule has 1 aliphatic carbocycles. The third kappa shape index (κ3) is 4.94.